The Morgan fingerprint density at radius 1 is 1.29 bits per heavy atom. The van der Waals surface area contributed by atoms with E-state index < -0.39 is 0 Å². The number of benzene rings is 1. The van der Waals surface area contributed by atoms with Gasteiger partial charge in [-0.3, -0.25) is 4.57 Å². The highest BCUT2D eigenvalue weighted by Gasteiger charge is 2.10. The second-order valence-corrected chi connectivity index (χ2v) is 4.88. The van der Waals surface area contributed by atoms with Gasteiger partial charge in [0.1, 0.15) is 5.82 Å². The first-order valence-electron chi connectivity index (χ1n) is 5.57. The van der Waals surface area contributed by atoms with Gasteiger partial charge < -0.3 is 4.98 Å². The smallest absolute Gasteiger partial charge is 0.182 e. The van der Waals surface area contributed by atoms with Crippen molar-refractivity contribution in [1.29, 1.82) is 0 Å². The van der Waals surface area contributed by atoms with E-state index in [0.29, 0.717) is 10.7 Å². The number of hydrogen-bond acceptors (Lipinski definition) is 1. The molecule has 0 saturated carbocycles. The zero-order chi connectivity index (χ0) is 12.6. The van der Waals surface area contributed by atoms with Crippen LogP contribution in [0.5, 0.6) is 0 Å². The molecule has 1 heterocycles. The average molecular weight is 250 g/mol. The van der Waals surface area contributed by atoms with Crippen LogP contribution in [0.2, 0.25) is 0 Å². The van der Waals surface area contributed by atoms with Gasteiger partial charge in [-0.05, 0) is 48.8 Å². The summed E-state index contributed by atoms with van der Waals surface area (Å²) in [6.45, 7) is 6.04. The number of imidazole rings is 1. The zero-order valence-corrected chi connectivity index (χ0v) is 10.9. The molecule has 0 amide bonds. The number of nitrogens with one attached hydrogen (secondary N) is 1. The Labute approximate surface area is 105 Å². The van der Waals surface area contributed by atoms with Crippen LogP contribution < -0.4 is 0 Å². The molecule has 1 aromatic carbocycles. The molecule has 0 unspecified atom stereocenters. The van der Waals surface area contributed by atoms with Crippen molar-refractivity contribution >= 4 is 12.2 Å². The van der Waals surface area contributed by atoms with E-state index in [1.807, 2.05) is 23.8 Å². The van der Waals surface area contributed by atoms with Crippen LogP contribution in [0, 0.1) is 17.5 Å². The summed E-state index contributed by atoms with van der Waals surface area (Å²) in [7, 11) is 0. The van der Waals surface area contributed by atoms with Crippen molar-refractivity contribution in [3.8, 4) is 5.69 Å². The van der Waals surface area contributed by atoms with Crippen LogP contribution in [0.1, 0.15) is 31.0 Å². The monoisotopic (exact) mass is 250 g/mol. The van der Waals surface area contributed by atoms with Gasteiger partial charge in [0.2, 0.25) is 0 Å². The minimum Gasteiger partial charge on any atom is -0.337 e. The summed E-state index contributed by atoms with van der Waals surface area (Å²) in [6, 6.07) is 4.94. The minimum absolute atomic E-state index is 0.238. The molecule has 17 heavy (non-hydrogen) atoms. The van der Waals surface area contributed by atoms with E-state index in [4.69, 9.17) is 12.2 Å². The third-order valence-electron chi connectivity index (χ3n) is 2.68. The average Bonchev–Trinajstić information content (AvgIpc) is 2.58. The molecule has 0 fully saturated rings. The number of halogens is 1. The third kappa shape index (κ3) is 2.31. The van der Waals surface area contributed by atoms with Gasteiger partial charge in [-0.15, -0.1) is 0 Å². The molecule has 2 aromatic rings. The summed E-state index contributed by atoms with van der Waals surface area (Å²) in [6.07, 6.45) is 1.88. The van der Waals surface area contributed by atoms with Crippen LogP contribution in [-0.2, 0) is 0 Å². The molecule has 0 bridgehead atoms. The molecule has 0 aliphatic carbocycles. The molecule has 0 spiro atoms. The first-order chi connectivity index (χ1) is 7.99. The Morgan fingerprint density at radius 3 is 2.59 bits per heavy atom. The molecule has 2 rings (SSSR count). The van der Waals surface area contributed by atoms with E-state index in [1.165, 1.54) is 12.1 Å². The van der Waals surface area contributed by atoms with Crippen molar-refractivity contribution < 1.29 is 4.39 Å². The lowest BCUT2D eigenvalue weighted by atomic mass is 10.1. The van der Waals surface area contributed by atoms with Crippen molar-refractivity contribution in [3.63, 3.8) is 0 Å². The first-order valence-corrected chi connectivity index (χ1v) is 5.97. The summed E-state index contributed by atoms with van der Waals surface area (Å²) in [5.74, 6) is 0.0873. The minimum atomic E-state index is -0.238. The maximum atomic E-state index is 13.4. The van der Waals surface area contributed by atoms with E-state index in [9.17, 15) is 4.39 Å². The molecule has 0 aliphatic rings. The molecule has 4 heteroatoms. The highest BCUT2D eigenvalue weighted by molar-refractivity contribution is 7.71. The van der Waals surface area contributed by atoms with Gasteiger partial charge in [-0.1, -0.05) is 13.8 Å². The number of aromatic nitrogens is 2. The standard InChI is InChI=1S/C13H15FN2S/c1-8(2)12-7-15-13(17)16(12)11-5-9(3)4-10(14)6-11/h4-8H,1-3H3,(H,15,17). The van der Waals surface area contributed by atoms with Crippen LogP contribution in [0.4, 0.5) is 4.39 Å². The van der Waals surface area contributed by atoms with E-state index in [0.717, 1.165) is 16.9 Å². The van der Waals surface area contributed by atoms with E-state index in [-0.39, 0.29) is 5.82 Å². The summed E-state index contributed by atoms with van der Waals surface area (Å²) < 4.78 is 15.9. The Morgan fingerprint density at radius 2 is 2.00 bits per heavy atom. The van der Waals surface area contributed by atoms with Crippen molar-refractivity contribution in [3.05, 3.63) is 46.2 Å². The van der Waals surface area contributed by atoms with Gasteiger partial charge in [0, 0.05) is 11.9 Å². The molecule has 0 atom stereocenters. The largest absolute Gasteiger partial charge is 0.337 e. The molecule has 1 N–H and O–H groups in total. The first kappa shape index (κ1) is 12.0. The summed E-state index contributed by atoms with van der Waals surface area (Å²) in [5.41, 5.74) is 2.72. The maximum Gasteiger partial charge on any atom is 0.182 e. The lowest BCUT2D eigenvalue weighted by Gasteiger charge is -2.11. The summed E-state index contributed by atoms with van der Waals surface area (Å²) >= 11 is 5.25. The van der Waals surface area contributed by atoms with Gasteiger partial charge >= 0.3 is 0 Å². The van der Waals surface area contributed by atoms with E-state index >= 15 is 0 Å². The molecule has 0 saturated heterocycles. The van der Waals surface area contributed by atoms with Crippen LogP contribution in [0.3, 0.4) is 0 Å². The van der Waals surface area contributed by atoms with Crippen LogP contribution >= 0.6 is 12.2 Å². The summed E-state index contributed by atoms with van der Waals surface area (Å²) in [4.78, 5) is 3.01. The van der Waals surface area contributed by atoms with Gasteiger partial charge in [-0.25, -0.2) is 4.39 Å². The van der Waals surface area contributed by atoms with E-state index in [2.05, 4.69) is 18.8 Å². The lowest BCUT2D eigenvalue weighted by molar-refractivity contribution is 0.624. The number of hydrogen-bond donors (Lipinski definition) is 1. The number of aryl methyl sites for hydroxylation is 1. The Balaban J connectivity index is 2.67. The Bertz CT molecular complexity index is 575. The van der Waals surface area contributed by atoms with Crippen molar-refractivity contribution in [2.45, 2.75) is 26.7 Å². The predicted molar refractivity (Wildman–Crippen MR) is 69.7 cm³/mol. The molecular formula is C13H15FN2S. The normalized spacial score (nSPS) is 11.1. The zero-order valence-electron chi connectivity index (χ0n) is 10.1. The molecule has 0 aliphatic heterocycles. The molecule has 1 aromatic heterocycles. The highest BCUT2D eigenvalue weighted by atomic mass is 32.1. The predicted octanol–water partition coefficient (Wildman–Crippen LogP) is 4.11. The molecular weight excluding hydrogens is 235 g/mol. The van der Waals surface area contributed by atoms with Crippen molar-refractivity contribution in [1.82, 2.24) is 9.55 Å². The van der Waals surface area contributed by atoms with Crippen LogP contribution in [-0.4, -0.2) is 9.55 Å². The fourth-order valence-electron chi connectivity index (χ4n) is 1.92. The van der Waals surface area contributed by atoms with Crippen molar-refractivity contribution in [2.24, 2.45) is 0 Å². The number of H-pyrrole nitrogens is 1. The second-order valence-electron chi connectivity index (χ2n) is 4.50. The summed E-state index contributed by atoms with van der Waals surface area (Å²) in [5, 5.41) is 0. The second kappa shape index (κ2) is 4.45. The van der Waals surface area contributed by atoms with Crippen LogP contribution in [0.25, 0.3) is 5.69 Å². The topological polar surface area (TPSA) is 20.7 Å². The maximum absolute atomic E-state index is 13.4. The molecule has 2 nitrogen and oxygen atoms in total. The fourth-order valence-corrected chi connectivity index (χ4v) is 2.19. The fraction of sp³-hybridized carbons (Fsp3) is 0.308. The Hall–Kier alpha value is -1.42. The quantitative estimate of drug-likeness (QED) is 0.796. The van der Waals surface area contributed by atoms with Crippen LogP contribution in [0.15, 0.2) is 24.4 Å². The van der Waals surface area contributed by atoms with Gasteiger partial charge in [0.25, 0.3) is 0 Å². The van der Waals surface area contributed by atoms with Gasteiger partial charge in [0.15, 0.2) is 4.77 Å². The number of nitrogens with zero attached hydrogens (tertiary/aromatic N) is 1. The van der Waals surface area contributed by atoms with Crippen molar-refractivity contribution in [2.75, 3.05) is 0 Å². The third-order valence-corrected chi connectivity index (χ3v) is 2.98. The highest BCUT2D eigenvalue weighted by Crippen LogP contribution is 2.21. The number of aromatic amines is 1. The lowest BCUT2D eigenvalue weighted by Crippen LogP contribution is -2.02. The SMILES string of the molecule is Cc1cc(F)cc(-n2c(C(C)C)c[nH]c2=S)c1. The molecule has 0 radical (unpaired) electrons. The van der Waals surface area contributed by atoms with Gasteiger partial charge in [-0.2, -0.15) is 0 Å². The van der Waals surface area contributed by atoms with Gasteiger partial charge in [0.05, 0.1) is 5.69 Å². The number of rotatable bonds is 2. The molecule has 90 valence electrons. The Kier molecular flexibility index (Phi) is 3.15. The van der Waals surface area contributed by atoms with E-state index in [1.54, 1.807) is 0 Å².